The Morgan fingerprint density at radius 3 is 2.73 bits per heavy atom. The Labute approximate surface area is 89.7 Å². The molecule has 1 aromatic rings. The highest BCUT2D eigenvalue weighted by molar-refractivity contribution is 5.89. The van der Waals surface area contributed by atoms with Crippen molar-refractivity contribution in [1.82, 2.24) is 0 Å². The van der Waals surface area contributed by atoms with E-state index in [1.807, 2.05) is 26.0 Å². The molecule has 1 atom stereocenters. The molecule has 3 heteroatoms. The van der Waals surface area contributed by atoms with Gasteiger partial charge in [-0.15, -0.1) is 0 Å². The lowest BCUT2D eigenvalue weighted by Gasteiger charge is -2.12. The molecule has 3 nitrogen and oxygen atoms in total. The molecular weight excluding hydrogens is 192 g/mol. The molecule has 0 heterocycles. The van der Waals surface area contributed by atoms with Gasteiger partial charge in [-0.05, 0) is 31.9 Å². The van der Waals surface area contributed by atoms with Crippen LogP contribution < -0.4 is 0 Å². The van der Waals surface area contributed by atoms with Gasteiger partial charge in [0, 0.05) is 6.61 Å². The fraction of sp³-hybridized carbons (Fsp3) is 0.417. The van der Waals surface area contributed by atoms with Crippen molar-refractivity contribution < 1.29 is 14.6 Å². The van der Waals surface area contributed by atoms with Crippen LogP contribution in [0, 0.1) is 0 Å². The molecule has 1 rings (SSSR count). The van der Waals surface area contributed by atoms with Crippen molar-refractivity contribution in [2.24, 2.45) is 0 Å². The second-order valence-electron chi connectivity index (χ2n) is 3.43. The van der Waals surface area contributed by atoms with Crippen molar-refractivity contribution in [3.63, 3.8) is 0 Å². The number of rotatable bonds is 5. The first-order chi connectivity index (χ1) is 7.15. The van der Waals surface area contributed by atoms with Crippen molar-refractivity contribution >= 4 is 5.97 Å². The van der Waals surface area contributed by atoms with Gasteiger partial charge < -0.3 is 9.84 Å². The fourth-order valence-corrected chi connectivity index (χ4v) is 1.56. The molecule has 0 aromatic heterocycles. The van der Waals surface area contributed by atoms with E-state index < -0.39 is 5.97 Å². The van der Waals surface area contributed by atoms with E-state index in [0.717, 1.165) is 5.56 Å². The van der Waals surface area contributed by atoms with Crippen molar-refractivity contribution in [2.45, 2.75) is 26.4 Å². The van der Waals surface area contributed by atoms with Crippen LogP contribution in [0.5, 0.6) is 0 Å². The van der Waals surface area contributed by atoms with E-state index in [2.05, 4.69) is 0 Å². The molecule has 1 aromatic carbocycles. The number of hydrogen-bond acceptors (Lipinski definition) is 2. The minimum absolute atomic E-state index is 0.0514. The van der Waals surface area contributed by atoms with Gasteiger partial charge in [0.05, 0.1) is 11.7 Å². The Morgan fingerprint density at radius 1 is 1.47 bits per heavy atom. The molecule has 0 fully saturated rings. The monoisotopic (exact) mass is 208 g/mol. The summed E-state index contributed by atoms with van der Waals surface area (Å²) in [4.78, 5) is 10.9. The molecule has 0 aliphatic rings. The second kappa shape index (κ2) is 5.51. The van der Waals surface area contributed by atoms with E-state index in [0.29, 0.717) is 18.6 Å². The minimum atomic E-state index is -0.880. The van der Waals surface area contributed by atoms with Crippen LogP contribution in [0.1, 0.15) is 29.8 Å². The first-order valence-electron chi connectivity index (χ1n) is 5.08. The Hall–Kier alpha value is -1.35. The maximum Gasteiger partial charge on any atom is 0.335 e. The van der Waals surface area contributed by atoms with Gasteiger partial charge in [-0.2, -0.15) is 0 Å². The minimum Gasteiger partial charge on any atom is -0.478 e. The van der Waals surface area contributed by atoms with Crippen LogP contribution in [0.4, 0.5) is 0 Å². The van der Waals surface area contributed by atoms with Gasteiger partial charge in [0.25, 0.3) is 0 Å². The molecule has 0 aliphatic heterocycles. The predicted molar refractivity (Wildman–Crippen MR) is 58.2 cm³/mol. The lowest BCUT2D eigenvalue weighted by atomic mass is 10.0. The highest BCUT2D eigenvalue weighted by Gasteiger charge is 2.11. The summed E-state index contributed by atoms with van der Waals surface area (Å²) < 4.78 is 5.39. The van der Waals surface area contributed by atoms with Crippen LogP contribution >= 0.6 is 0 Å². The van der Waals surface area contributed by atoms with Crippen molar-refractivity contribution in [2.75, 3.05) is 6.61 Å². The predicted octanol–water partition coefficient (Wildman–Crippen LogP) is 2.35. The number of carboxylic acid groups (broad SMARTS) is 1. The summed E-state index contributed by atoms with van der Waals surface area (Å²) in [5, 5.41) is 8.97. The van der Waals surface area contributed by atoms with Crippen LogP contribution in [-0.2, 0) is 11.2 Å². The Kier molecular flexibility index (Phi) is 4.31. The molecule has 1 N–H and O–H groups in total. The summed E-state index contributed by atoms with van der Waals surface area (Å²) in [7, 11) is 0. The smallest absolute Gasteiger partial charge is 0.335 e. The summed E-state index contributed by atoms with van der Waals surface area (Å²) in [5.74, 6) is -0.880. The largest absolute Gasteiger partial charge is 0.478 e. The van der Waals surface area contributed by atoms with E-state index in [9.17, 15) is 4.79 Å². The molecule has 0 amide bonds. The first kappa shape index (κ1) is 11.7. The van der Waals surface area contributed by atoms with E-state index in [1.165, 1.54) is 0 Å². The van der Waals surface area contributed by atoms with E-state index in [-0.39, 0.29) is 6.10 Å². The van der Waals surface area contributed by atoms with Crippen LogP contribution in [0.3, 0.4) is 0 Å². The zero-order valence-electron chi connectivity index (χ0n) is 9.06. The summed E-state index contributed by atoms with van der Waals surface area (Å²) in [6, 6.07) is 7.04. The molecular formula is C12H16O3. The van der Waals surface area contributed by atoms with Gasteiger partial charge in [-0.1, -0.05) is 18.2 Å². The average molecular weight is 208 g/mol. The molecule has 1 unspecified atom stereocenters. The lowest BCUT2D eigenvalue weighted by molar-refractivity contribution is 0.0684. The molecule has 82 valence electrons. The van der Waals surface area contributed by atoms with E-state index in [4.69, 9.17) is 9.84 Å². The van der Waals surface area contributed by atoms with Crippen molar-refractivity contribution in [3.05, 3.63) is 35.4 Å². The second-order valence-corrected chi connectivity index (χ2v) is 3.43. The number of aromatic carboxylic acids is 1. The molecule has 15 heavy (non-hydrogen) atoms. The third-order valence-corrected chi connectivity index (χ3v) is 2.21. The van der Waals surface area contributed by atoms with Gasteiger partial charge in [0.15, 0.2) is 0 Å². The maximum atomic E-state index is 10.9. The highest BCUT2D eigenvalue weighted by Crippen LogP contribution is 2.12. The number of ether oxygens (including phenoxy) is 1. The standard InChI is InChI=1S/C12H16O3/c1-3-15-9(2)8-10-6-4-5-7-11(10)12(13)14/h4-7,9H,3,8H2,1-2H3,(H,13,14). The van der Waals surface area contributed by atoms with Gasteiger partial charge in [-0.25, -0.2) is 4.79 Å². The molecule has 0 bridgehead atoms. The number of carboxylic acids is 1. The first-order valence-corrected chi connectivity index (χ1v) is 5.08. The van der Waals surface area contributed by atoms with Crippen LogP contribution in [-0.4, -0.2) is 23.8 Å². The quantitative estimate of drug-likeness (QED) is 0.808. The summed E-state index contributed by atoms with van der Waals surface area (Å²) >= 11 is 0. The van der Waals surface area contributed by atoms with Crippen LogP contribution in [0.25, 0.3) is 0 Å². The van der Waals surface area contributed by atoms with Crippen LogP contribution in [0.2, 0.25) is 0 Å². The summed E-state index contributed by atoms with van der Waals surface area (Å²) in [6.45, 7) is 4.53. The third-order valence-electron chi connectivity index (χ3n) is 2.21. The van der Waals surface area contributed by atoms with Crippen LogP contribution in [0.15, 0.2) is 24.3 Å². The summed E-state index contributed by atoms with van der Waals surface area (Å²) in [6.07, 6.45) is 0.687. The highest BCUT2D eigenvalue weighted by atomic mass is 16.5. The zero-order chi connectivity index (χ0) is 11.3. The van der Waals surface area contributed by atoms with Gasteiger partial charge in [-0.3, -0.25) is 0 Å². The maximum absolute atomic E-state index is 10.9. The third kappa shape index (κ3) is 3.36. The molecule has 0 saturated heterocycles. The SMILES string of the molecule is CCOC(C)Cc1ccccc1C(=O)O. The normalized spacial score (nSPS) is 12.4. The molecule has 0 aliphatic carbocycles. The zero-order valence-corrected chi connectivity index (χ0v) is 9.06. The topological polar surface area (TPSA) is 46.5 Å². The van der Waals surface area contributed by atoms with E-state index in [1.54, 1.807) is 12.1 Å². The molecule has 0 saturated carbocycles. The van der Waals surface area contributed by atoms with Gasteiger partial charge in [0.1, 0.15) is 0 Å². The molecule has 0 spiro atoms. The molecule has 0 radical (unpaired) electrons. The Balaban J connectivity index is 2.79. The van der Waals surface area contributed by atoms with E-state index >= 15 is 0 Å². The van der Waals surface area contributed by atoms with Gasteiger partial charge in [0.2, 0.25) is 0 Å². The number of carbonyl (C=O) groups is 1. The lowest BCUT2D eigenvalue weighted by Crippen LogP contribution is -2.14. The Bertz CT molecular complexity index is 333. The van der Waals surface area contributed by atoms with Crippen molar-refractivity contribution in [1.29, 1.82) is 0 Å². The van der Waals surface area contributed by atoms with Gasteiger partial charge >= 0.3 is 5.97 Å². The number of hydrogen-bond donors (Lipinski definition) is 1. The number of benzene rings is 1. The average Bonchev–Trinajstić information content (AvgIpc) is 2.18. The Morgan fingerprint density at radius 2 is 2.13 bits per heavy atom. The fourth-order valence-electron chi connectivity index (χ4n) is 1.56. The van der Waals surface area contributed by atoms with Crippen molar-refractivity contribution in [3.8, 4) is 0 Å². The summed E-state index contributed by atoms with van der Waals surface area (Å²) in [5.41, 5.74) is 1.19.